The van der Waals surface area contributed by atoms with E-state index in [0.29, 0.717) is 17.2 Å². The van der Waals surface area contributed by atoms with Crippen LogP contribution in [0.15, 0.2) is 66.7 Å². The summed E-state index contributed by atoms with van der Waals surface area (Å²) >= 11 is 0. The fourth-order valence-electron chi connectivity index (χ4n) is 4.43. The summed E-state index contributed by atoms with van der Waals surface area (Å²) in [5, 5.41) is 10.1. The predicted molar refractivity (Wildman–Crippen MR) is 169 cm³/mol. The Morgan fingerprint density at radius 1 is 0.605 bits per heavy atom. The molecule has 2 aliphatic carbocycles. The largest absolute Gasteiger partial charge is 2.00 e. The zero-order valence-corrected chi connectivity index (χ0v) is 24.7. The number of rotatable bonds is 2. The van der Waals surface area contributed by atoms with Crippen molar-refractivity contribution in [2.45, 2.75) is 13.8 Å². The Hall–Kier alpha value is -4.09. The Balaban J connectivity index is 0.000000192. The summed E-state index contributed by atoms with van der Waals surface area (Å²) < 4.78 is 0. The molecular formula is C37H27FeN3O2+2. The van der Waals surface area contributed by atoms with Crippen LogP contribution in [0.2, 0.25) is 0 Å². The van der Waals surface area contributed by atoms with Crippen LogP contribution in [0.25, 0.3) is 21.5 Å². The molecule has 0 aliphatic heterocycles. The van der Waals surface area contributed by atoms with Gasteiger partial charge in [-0.1, -0.05) is 72.2 Å². The van der Waals surface area contributed by atoms with Crippen LogP contribution in [-0.2, 0) is 26.7 Å². The smallest absolute Gasteiger partial charge is 0.311 e. The molecule has 5 nitrogen and oxygen atoms in total. The van der Waals surface area contributed by atoms with Crippen LogP contribution < -0.4 is 10.6 Å². The second-order valence-corrected chi connectivity index (χ2v) is 9.53. The molecule has 2 amide bonds. The second kappa shape index (κ2) is 15.4. The van der Waals surface area contributed by atoms with Crippen molar-refractivity contribution in [2.24, 2.45) is 0 Å². The van der Waals surface area contributed by atoms with Gasteiger partial charge in [-0.3, -0.25) is 9.59 Å². The number of nitrogens with one attached hydrogen (secondary N) is 2. The molecular weight excluding hydrogens is 574 g/mol. The molecule has 6 rings (SSSR count). The topological polar surface area (TPSA) is 71.1 Å². The number of aromatic nitrogens is 1. The van der Waals surface area contributed by atoms with Gasteiger partial charge in [0.05, 0.1) is 11.8 Å². The van der Waals surface area contributed by atoms with Gasteiger partial charge in [-0.15, -0.1) is 0 Å². The molecule has 2 fully saturated rings. The van der Waals surface area contributed by atoms with Gasteiger partial charge in [0.2, 0.25) is 11.8 Å². The number of fused-ring (bicyclic) bond motifs is 2. The molecule has 1 aromatic heterocycles. The molecule has 10 radical (unpaired) electrons. The molecule has 4 aromatic rings. The minimum absolute atomic E-state index is 0. The Labute approximate surface area is 265 Å². The summed E-state index contributed by atoms with van der Waals surface area (Å²) in [7, 11) is 0. The van der Waals surface area contributed by atoms with E-state index in [-0.39, 0.29) is 28.9 Å². The van der Waals surface area contributed by atoms with Crippen LogP contribution in [-0.4, -0.2) is 16.8 Å². The average Bonchev–Trinajstić information content (AvgIpc) is 3.69. The van der Waals surface area contributed by atoms with E-state index in [2.05, 4.69) is 93.9 Å². The summed E-state index contributed by atoms with van der Waals surface area (Å²) in [6.07, 6.45) is 15.7. The second-order valence-electron chi connectivity index (χ2n) is 9.53. The summed E-state index contributed by atoms with van der Waals surface area (Å²) in [5.41, 5.74) is 1.77. The monoisotopic (exact) mass is 601 g/mol. The van der Waals surface area contributed by atoms with Gasteiger partial charge in [0.1, 0.15) is 11.6 Å². The van der Waals surface area contributed by atoms with E-state index in [1.54, 1.807) is 12.1 Å². The number of nitrogens with zero attached hydrogens (tertiary/aromatic N) is 1. The quantitative estimate of drug-likeness (QED) is 0.157. The van der Waals surface area contributed by atoms with Gasteiger partial charge >= 0.3 is 17.1 Å². The molecule has 2 N–H and O–H groups in total. The van der Waals surface area contributed by atoms with Crippen LogP contribution in [0.4, 0.5) is 11.6 Å². The van der Waals surface area contributed by atoms with Gasteiger partial charge < -0.3 is 10.6 Å². The average molecular weight is 601 g/mol. The summed E-state index contributed by atoms with van der Waals surface area (Å²) in [4.78, 5) is 26.4. The minimum Gasteiger partial charge on any atom is -0.311 e. The first-order valence-corrected chi connectivity index (χ1v) is 13.4. The fraction of sp³-hybridized carbons (Fsp3) is 0.0541. The Morgan fingerprint density at radius 3 is 1.51 bits per heavy atom. The van der Waals surface area contributed by atoms with Crippen molar-refractivity contribution in [1.29, 1.82) is 0 Å². The Bertz CT molecular complexity index is 1640. The number of hydrogen-bond acceptors (Lipinski definition) is 3. The Kier molecular flexibility index (Phi) is 11.4. The molecule has 0 spiro atoms. The number of carbonyl (C=O) groups excluding carboxylic acids is 2. The number of amides is 2. The van der Waals surface area contributed by atoms with Crippen LogP contribution in [0.3, 0.4) is 0 Å². The van der Waals surface area contributed by atoms with Gasteiger partial charge in [0, 0.05) is 25.0 Å². The molecule has 0 atom stereocenters. The van der Waals surface area contributed by atoms with E-state index in [0.717, 1.165) is 17.4 Å². The van der Waals surface area contributed by atoms with Crippen LogP contribution >= 0.6 is 0 Å². The summed E-state index contributed by atoms with van der Waals surface area (Å²) in [5.74, 6) is 14.8. The van der Waals surface area contributed by atoms with Gasteiger partial charge in [-0.25, -0.2) is 4.98 Å². The zero-order valence-electron chi connectivity index (χ0n) is 23.6. The van der Waals surface area contributed by atoms with E-state index in [1.807, 2.05) is 51.4 Å². The first-order valence-electron chi connectivity index (χ1n) is 13.4. The first-order chi connectivity index (χ1) is 20.4. The van der Waals surface area contributed by atoms with Crippen LogP contribution in [0, 0.1) is 86.9 Å². The molecule has 6 heteroatoms. The maximum atomic E-state index is 11.1. The third-order valence-corrected chi connectivity index (χ3v) is 6.21. The van der Waals surface area contributed by atoms with E-state index < -0.39 is 0 Å². The predicted octanol–water partition coefficient (Wildman–Crippen LogP) is 6.50. The molecule has 208 valence electrons. The van der Waals surface area contributed by atoms with Crippen molar-refractivity contribution < 1.29 is 26.7 Å². The molecule has 43 heavy (non-hydrogen) atoms. The molecule has 0 saturated heterocycles. The number of anilines is 2. The normalized spacial score (nSPS) is 14.4. The van der Waals surface area contributed by atoms with Crippen LogP contribution in [0.5, 0.6) is 0 Å². The minimum atomic E-state index is -0.239. The summed E-state index contributed by atoms with van der Waals surface area (Å²) in [6.45, 7) is 2.78. The van der Waals surface area contributed by atoms with Crippen molar-refractivity contribution in [2.75, 3.05) is 10.6 Å². The molecule has 1 heterocycles. The van der Waals surface area contributed by atoms with Crippen molar-refractivity contribution in [1.82, 2.24) is 4.98 Å². The molecule has 0 bridgehead atoms. The first kappa shape index (κ1) is 31.8. The maximum absolute atomic E-state index is 11.1. The third kappa shape index (κ3) is 8.95. The third-order valence-electron chi connectivity index (χ3n) is 6.21. The van der Waals surface area contributed by atoms with Crippen LogP contribution in [0.1, 0.15) is 25.0 Å². The molecule has 2 aliphatic rings. The van der Waals surface area contributed by atoms with Crippen molar-refractivity contribution in [3.8, 4) is 23.7 Å². The number of benzene rings is 3. The standard InChI is InChI=1S/C21H13.C16H14N3O2.Fe/c1-2-8-16(7-1)13-14-21-19-11-5-3-9-17(19)15-18-10-4-6-12-20(18)21;1-11(20)17-15-9-14(8-7-13-5-3-4-6-13)10-16(19-15)18-12(2)21;/h1-12,15H;3-6,9-10H,1-2H3,(H2,17,18,19,20,21);/q;;+2. The van der Waals surface area contributed by atoms with Crippen molar-refractivity contribution >= 4 is 45.0 Å². The number of carbonyl (C=O) groups is 2. The van der Waals surface area contributed by atoms with Gasteiger partial charge in [0.15, 0.2) is 0 Å². The molecule has 0 unspecified atom stereocenters. The van der Waals surface area contributed by atoms with Crippen molar-refractivity contribution in [3.63, 3.8) is 0 Å². The van der Waals surface area contributed by atoms with E-state index in [1.165, 1.54) is 35.4 Å². The van der Waals surface area contributed by atoms with Gasteiger partial charge in [-0.2, -0.15) is 0 Å². The fourth-order valence-corrected chi connectivity index (χ4v) is 4.43. The molecule has 3 aromatic carbocycles. The van der Waals surface area contributed by atoms with E-state index in [4.69, 9.17) is 0 Å². The maximum Gasteiger partial charge on any atom is 2.00 e. The van der Waals surface area contributed by atoms with Crippen molar-refractivity contribution in [3.05, 3.63) is 141 Å². The number of hydrogen-bond donors (Lipinski definition) is 2. The summed E-state index contributed by atoms with van der Waals surface area (Å²) in [6, 6.07) is 22.4. The SMILES string of the molecule is C(#Cc1c2ccccc2cc2ccccc12)[C]1[CH][CH][CH][CH]1.CC(=O)Nc1cc(C#C[C]2[CH][CH][CH][CH]2)cc(NC(C)=O)n1.[Fe+2]. The Morgan fingerprint density at radius 2 is 1.05 bits per heavy atom. The van der Waals surface area contributed by atoms with Gasteiger partial charge in [-0.05, 0) is 91.1 Å². The molecule has 2 saturated carbocycles. The van der Waals surface area contributed by atoms with Gasteiger partial charge in [0.25, 0.3) is 0 Å². The van der Waals surface area contributed by atoms with E-state index >= 15 is 0 Å². The zero-order chi connectivity index (χ0) is 29.3. The number of pyridine rings is 1. The van der Waals surface area contributed by atoms with E-state index in [9.17, 15) is 9.59 Å².